The van der Waals surface area contributed by atoms with Crippen LogP contribution >= 0.6 is 23.8 Å². The lowest BCUT2D eigenvalue weighted by Gasteiger charge is -2.29. The van der Waals surface area contributed by atoms with Crippen LogP contribution in [-0.4, -0.2) is 50.3 Å². The van der Waals surface area contributed by atoms with E-state index >= 15 is 0 Å². The second kappa shape index (κ2) is 8.50. The zero-order chi connectivity index (χ0) is 24.1. The Labute approximate surface area is 196 Å². The summed E-state index contributed by atoms with van der Waals surface area (Å²) >= 11 is 11.3. The molecule has 2 aromatic rings. The van der Waals surface area contributed by atoms with Crippen molar-refractivity contribution in [1.29, 1.82) is 0 Å². The Morgan fingerprint density at radius 3 is 2.52 bits per heavy atom. The number of nitrogens with zero attached hydrogens (tertiary/aromatic N) is 4. The Balaban J connectivity index is 1.70. The molecule has 1 fully saturated rings. The second-order valence-corrected chi connectivity index (χ2v) is 8.77. The quantitative estimate of drug-likeness (QED) is 0.350. The molecule has 0 spiro atoms. The van der Waals surface area contributed by atoms with E-state index in [1.165, 1.54) is 20.2 Å². The number of hydrogen-bond acceptors (Lipinski definition) is 8. The van der Waals surface area contributed by atoms with Gasteiger partial charge in [0.15, 0.2) is 4.77 Å². The van der Waals surface area contributed by atoms with Crippen molar-refractivity contribution in [2.75, 3.05) is 13.2 Å². The molecule has 0 radical (unpaired) electrons. The smallest absolute Gasteiger partial charge is 0.353 e. The molecule has 0 bridgehead atoms. The molecule has 2 aliphatic rings. The lowest BCUT2D eigenvalue weighted by Crippen LogP contribution is -2.44. The van der Waals surface area contributed by atoms with Crippen molar-refractivity contribution < 1.29 is 23.5 Å². The molecule has 1 aromatic carbocycles. The summed E-state index contributed by atoms with van der Waals surface area (Å²) in [6.07, 6.45) is 0.396. The lowest BCUT2D eigenvalue weighted by atomic mass is 9.94. The Morgan fingerprint density at radius 2 is 1.97 bits per heavy atom. The van der Waals surface area contributed by atoms with Gasteiger partial charge in [-0.3, -0.25) is 9.13 Å². The number of carbonyl (C=O) groups excluding carboxylic acids is 1. The van der Waals surface area contributed by atoms with Crippen LogP contribution in [0.3, 0.4) is 0 Å². The standard InChI is InChI=1S/C20H20ClFN4O6S/c1-20(16(27)31-9-10-8-30-10)5-4-14(23-32-20)11-6-15(13(22)7-12(11)21)26-17(28)24(2)19(33)25(3)18(26)29/h6-7,10H,4-5,8-9H2,1-3H3. The maximum Gasteiger partial charge on any atom is 0.353 e. The zero-order valence-electron chi connectivity index (χ0n) is 18.0. The van der Waals surface area contributed by atoms with Crippen molar-refractivity contribution in [3.63, 3.8) is 0 Å². The van der Waals surface area contributed by atoms with Crippen molar-refractivity contribution in [3.8, 4) is 5.69 Å². The molecule has 3 heterocycles. The summed E-state index contributed by atoms with van der Waals surface area (Å²) in [6.45, 7) is 2.25. The first-order valence-electron chi connectivity index (χ1n) is 9.96. The average molecular weight is 499 g/mol. The van der Waals surface area contributed by atoms with Gasteiger partial charge in [-0.25, -0.2) is 23.3 Å². The number of carbonyl (C=O) groups is 1. The normalized spacial score (nSPS) is 21.8. The Hall–Kier alpha value is -2.83. The van der Waals surface area contributed by atoms with Crippen LogP contribution in [0.2, 0.25) is 5.02 Å². The lowest BCUT2D eigenvalue weighted by molar-refractivity contribution is -0.173. The molecule has 2 unspecified atom stereocenters. The van der Waals surface area contributed by atoms with Crippen LogP contribution in [0.5, 0.6) is 0 Å². The Kier molecular flexibility index (Phi) is 6.01. The van der Waals surface area contributed by atoms with Gasteiger partial charge in [0.05, 0.1) is 23.0 Å². The number of ether oxygens (including phenoxy) is 2. The molecule has 1 aromatic heterocycles. The second-order valence-electron chi connectivity index (χ2n) is 8.00. The zero-order valence-corrected chi connectivity index (χ0v) is 19.5. The van der Waals surface area contributed by atoms with Crippen molar-refractivity contribution >= 4 is 35.5 Å². The highest BCUT2D eigenvalue weighted by Crippen LogP contribution is 2.31. The maximum absolute atomic E-state index is 14.8. The van der Waals surface area contributed by atoms with Gasteiger partial charge in [0, 0.05) is 26.1 Å². The highest BCUT2D eigenvalue weighted by molar-refractivity contribution is 7.71. The first-order chi connectivity index (χ1) is 15.5. The van der Waals surface area contributed by atoms with E-state index in [0.29, 0.717) is 16.9 Å². The molecule has 10 nitrogen and oxygen atoms in total. The minimum Gasteiger partial charge on any atom is -0.460 e. The summed E-state index contributed by atoms with van der Waals surface area (Å²) in [4.78, 5) is 43.2. The molecule has 2 aliphatic heterocycles. The van der Waals surface area contributed by atoms with Gasteiger partial charge < -0.3 is 14.3 Å². The van der Waals surface area contributed by atoms with Gasteiger partial charge in [0.1, 0.15) is 18.5 Å². The number of epoxide rings is 1. The fraction of sp³-hybridized carbons (Fsp3) is 0.450. The molecule has 176 valence electrons. The highest BCUT2D eigenvalue weighted by atomic mass is 35.5. The number of aromatic nitrogens is 3. The third-order valence-corrected chi connectivity index (χ3v) is 6.41. The predicted molar refractivity (Wildman–Crippen MR) is 118 cm³/mol. The van der Waals surface area contributed by atoms with Gasteiger partial charge in [0.2, 0.25) is 5.60 Å². The number of halogens is 2. The van der Waals surface area contributed by atoms with Gasteiger partial charge in [-0.2, -0.15) is 0 Å². The van der Waals surface area contributed by atoms with Gasteiger partial charge in [0.25, 0.3) is 0 Å². The molecule has 13 heteroatoms. The van der Waals surface area contributed by atoms with Gasteiger partial charge in [-0.05, 0) is 37.7 Å². The van der Waals surface area contributed by atoms with E-state index in [9.17, 15) is 18.8 Å². The molecule has 33 heavy (non-hydrogen) atoms. The summed E-state index contributed by atoms with van der Waals surface area (Å²) in [6, 6.07) is 2.23. The SMILES string of the molecule is Cn1c(=S)n(C)c(=O)n(-c2cc(C3=NOC(C)(C(=O)OCC4CO4)CC3)c(Cl)cc2F)c1=O. The minimum atomic E-state index is -1.30. The fourth-order valence-electron chi connectivity index (χ4n) is 3.32. The van der Waals surface area contributed by atoms with Gasteiger partial charge >= 0.3 is 17.3 Å². The number of oxime groups is 1. The number of benzene rings is 1. The number of hydrogen-bond donors (Lipinski definition) is 0. The molecule has 0 saturated carbocycles. The highest BCUT2D eigenvalue weighted by Gasteiger charge is 2.42. The topological polar surface area (TPSA) is 109 Å². The van der Waals surface area contributed by atoms with Crippen LogP contribution in [0.25, 0.3) is 5.69 Å². The molecule has 0 amide bonds. The van der Waals surface area contributed by atoms with E-state index in [0.717, 1.165) is 15.2 Å². The molecular formula is C20H20ClFN4O6S. The fourth-order valence-corrected chi connectivity index (χ4v) is 3.74. The van der Waals surface area contributed by atoms with Crippen LogP contribution in [-0.2, 0) is 33.2 Å². The Morgan fingerprint density at radius 1 is 1.33 bits per heavy atom. The van der Waals surface area contributed by atoms with Crippen molar-refractivity contribution in [2.24, 2.45) is 19.3 Å². The van der Waals surface area contributed by atoms with Gasteiger partial charge in [-0.15, -0.1) is 0 Å². The molecule has 2 atom stereocenters. The third kappa shape index (κ3) is 4.25. The molecule has 1 saturated heterocycles. The van der Waals surface area contributed by atoms with Crippen LogP contribution in [0.15, 0.2) is 26.9 Å². The van der Waals surface area contributed by atoms with E-state index in [1.54, 1.807) is 6.92 Å². The monoisotopic (exact) mass is 498 g/mol. The molecular weight excluding hydrogens is 479 g/mol. The van der Waals surface area contributed by atoms with Gasteiger partial charge in [-0.1, -0.05) is 16.8 Å². The summed E-state index contributed by atoms with van der Waals surface area (Å²) in [5.41, 5.74) is -2.65. The first-order valence-corrected chi connectivity index (χ1v) is 10.7. The van der Waals surface area contributed by atoms with E-state index in [4.69, 9.17) is 38.1 Å². The summed E-state index contributed by atoms with van der Waals surface area (Å²) in [5.74, 6) is -1.45. The summed E-state index contributed by atoms with van der Waals surface area (Å²) in [5, 5.41) is 4.03. The third-order valence-electron chi connectivity index (χ3n) is 5.55. The summed E-state index contributed by atoms with van der Waals surface area (Å²) in [7, 11) is 2.76. The Bertz CT molecular complexity index is 1320. The predicted octanol–water partition coefficient (Wildman–Crippen LogP) is 1.61. The van der Waals surface area contributed by atoms with Crippen molar-refractivity contribution in [3.05, 3.63) is 54.3 Å². The van der Waals surface area contributed by atoms with E-state index < -0.39 is 28.8 Å². The van der Waals surface area contributed by atoms with Crippen molar-refractivity contribution in [2.45, 2.75) is 31.5 Å². The van der Waals surface area contributed by atoms with E-state index in [2.05, 4.69) is 5.16 Å². The first kappa shape index (κ1) is 23.3. The van der Waals surface area contributed by atoms with Crippen molar-refractivity contribution in [1.82, 2.24) is 13.7 Å². The molecule has 4 rings (SSSR count). The van der Waals surface area contributed by atoms with E-state index in [1.807, 2.05) is 0 Å². The van der Waals surface area contributed by atoms with Crippen LogP contribution < -0.4 is 11.4 Å². The van der Waals surface area contributed by atoms with E-state index in [-0.39, 0.29) is 46.6 Å². The molecule has 0 N–H and O–H groups in total. The average Bonchev–Trinajstić information content (AvgIpc) is 3.61. The number of rotatable bonds is 5. The number of esters is 1. The van der Waals surface area contributed by atoms with Crippen LogP contribution in [0.4, 0.5) is 4.39 Å². The maximum atomic E-state index is 14.8. The minimum absolute atomic E-state index is 0.00444. The largest absolute Gasteiger partial charge is 0.460 e. The van der Waals surface area contributed by atoms with Crippen LogP contribution in [0, 0.1) is 10.6 Å². The summed E-state index contributed by atoms with van der Waals surface area (Å²) < 4.78 is 27.8. The molecule has 0 aliphatic carbocycles. The van der Waals surface area contributed by atoms with Crippen LogP contribution in [0.1, 0.15) is 25.3 Å².